The van der Waals surface area contributed by atoms with Crippen molar-refractivity contribution >= 4 is 0 Å². The maximum Gasteiger partial charge on any atom is 0.0400 e. The van der Waals surface area contributed by atoms with Crippen LogP contribution in [0.2, 0.25) is 0 Å². The van der Waals surface area contributed by atoms with E-state index < -0.39 is 0 Å². The average Bonchev–Trinajstić information content (AvgIpc) is 2.13. The summed E-state index contributed by atoms with van der Waals surface area (Å²) in [6.45, 7) is 11.6. The highest BCUT2D eigenvalue weighted by Gasteiger charge is 2.45. The van der Waals surface area contributed by atoms with Gasteiger partial charge in [0.05, 0.1) is 0 Å². The molecule has 1 rings (SSSR count). The number of nitrogens with zero attached hydrogens (tertiary/aromatic N) is 2. The fraction of sp³-hybridized carbons (Fsp3) is 0.833. The Labute approximate surface area is 88.5 Å². The van der Waals surface area contributed by atoms with E-state index >= 15 is 0 Å². The molecule has 1 atom stereocenters. The van der Waals surface area contributed by atoms with Crippen molar-refractivity contribution in [1.29, 1.82) is 0 Å². The van der Waals surface area contributed by atoms with Crippen molar-refractivity contribution in [1.82, 2.24) is 10.0 Å². The van der Waals surface area contributed by atoms with Crippen LogP contribution in [-0.2, 0) is 0 Å². The maximum atomic E-state index is 2.34. The number of allylic oxidation sites excluding steroid dienone is 1. The second kappa shape index (κ2) is 3.27. The van der Waals surface area contributed by atoms with E-state index in [0.29, 0.717) is 5.92 Å². The molecule has 2 nitrogen and oxygen atoms in total. The minimum atomic E-state index is 0.157. The smallest absolute Gasteiger partial charge is 0.0400 e. The standard InChI is InChI=1S/C12H24N2/c1-10-8-9-13(6)14(7)12(4,5)11(10,2)3/h8-10H,1-7H3. The van der Waals surface area contributed by atoms with Crippen LogP contribution in [0.3, 0.4) is 0 Å². The molecule has 1 heterocycles. The fourth-order valence-electron chi connectivity index (χ4n) is 1.96. The van der Waals surface area contributed by atoms with Crippen molar-refractivity contribution in [3.05, 3.63) is 12.3 Å². The normalized spacial score (nSPS) is 31.6. The first-order chi connectivity index (χ1) is 6.21. The molecule has 1 aliphatic rings. The topological polar surface area (TPSA) is 6.48 Å². The van der Waals surface area contributed by atoms with Crippen LogP contribution in [0.1, 0.15) is 34.6 Å². The second-order valence-electron chi connectivity index (χ2n) is 5.51. The second-order valence-corrected chi connectivity index (χ2v) is 5.51. The van der Waals surface area contributed by atoms with Crippen molar-refractivity contribution in [2.75, 3.05) is 14.1 Å². The van der Waals surface area contributed by atoms with Gasteiger partial charge in [-0.1, -0.05) is 26.8 Å². The van der Waals surface area contributed by atoms with Crippen molar-refractivity contribution in [3.63, 3.8) is 0 Å². The van der Waals surface area contributed by atoms with Gasteiger partial charge in [-0.05, 0) is 25.2 Å². The molecule has 0 N–H and O–H groups in total. The third-order valence-electron chi connectivity index (χ3n) is 4.59. The van der Waals surface area contributed by atoms with Crippen LogP contribution >= 0.6 is 0 Å². The minimum absolute atomic E-state index is 0.157. The molecule has 0 fully saturated rings. The highest BCUT2D eigenvalue weighted by Crippen LogP contribution is 2.43. The zero-order valence-corrected chi connectivity index (χ0v) is 10.6. The van der Waals surface area contributed by atoms with Gasteiger partial charge in [-0.2, -0.15) is 0 Å². The van der Waals surface area contributed by atoms with Gasteiger partial charge >= 0.3 is 0 Å². The van der Waals surface area contributed by atoms with Gasteiger partial charge in [0.15, 0.2) is 0 Å². The Morgan fingerprint density at radius 1 is 1.07 bits per heavy atom. The van der Waals surface area contributed by atoms with Gasteiger partial charge in [0.2, 0.25) is 0 Å². The first kappa shape index (κ1) is 11.6. The molecule has 0 spiro atoms. The quantitative estimate of drug-likeness (QED) is 0.588. The molecule has 14 heavy (non-hydrogen) atoms. The SMILES string of the molecule is CC1C=CN(C)N(C)C(C)(C)C1(C)C. The summed E-state index contributed by atoms with van der Waals surface area (Å²) in [5, 5.41) is 4.48. The van der Waals surface area contributed by atoms with Gasteiger partial charge in [-0.3, -0.25) is 0 Å². The minimum Gasteiger partial charge on any atom is -0.316 e. The zero-order chi connectivity index (χ0) is 11.1. The lowest BCUT2D eigenvalue weighted by atomic mass is 9.66. The lowest BCUT2D eigenvalue weighted by molar-refractivity contribution is -0.0844. The molecule has 0 radical (unpaired) electrons. The molecule has 0 saturated carbocycles. The van der Waals surface area contributed by atoms with Crippen LogP contribution in [-0.4, -0.2) is 29.7 Å². The van der Waals surface area contributed by atoms with Gasteiger partial charge in [0, 0.05) is 25.8 Å². The molecular weight excluding hydrogens is 172 g/mol. The van der Waals surface area contributed by atoms with Crippen LogP contribution in [0.4, 0.5) is 0 Å². The summed E-state index contributed by atoms with van der Waals surface area (Å²) in [4.78, 5) is 0. The van der Waals surface area contributed by atoms with E-state index in [2.05, 4.69) is 71.0 Å². The maximum absolute atomic E-state index is 2.34. The number of hydrazine groups is 1. The van der Waals surface area contributed by atoms with Crippen LogP contribution in [0.5, 0.6) is 0 Å². The Kier molecular flexibility index (Phi) is 2.70. The first-order valence-corrected chi connectivity index (χ1v) is 5.36. The summed E-state index contributed by atoms with van der Waals surface area (Å²) in [7, 11) is 4.26. The summed E-state index contributed by atoms with van der Waals surface area (Å²) >= 11 is 0. The zero-order valence-electron chi connectivity index (χ0n) is 10.6. The Hall–Kier alpha value is -0.500. The average molecular weight is 196 g/mol. The molecule has 1 unspecified atom stereocenters. The van der Waals surface area contributed by atoms with E-state index in [1.807, 2.05) is 0 Å². The van der Waals surface area contributed by atoms with Crippen molar-refractivity contribution in [3.8, 4) is 0 Å². The van der Waals surface area contributed by atoms with Crippen molar-refractivity contribution in [2.45, 2.75) is 40.2 Å². The largest absolute Gasteiger partial charge is 0.316 e. The van der Waals surface area contributed by atoms with E-state index in [4.69, 9.17) is 0 Å². The van der Waals surface area contributed by atoms with E-state index in [9.17, 15) is 0 Å². The van der Waals surface area contributed by atoms with E-state index in [1.54, 1.807) is 0 Å². The first-order valence-electron chi connectivity index (χ1n) is 5.36. The molecule has 0 aromatic carbocycles. The summed E-state index contributed by atoms with van der Waals surface area (Å²) in [6.07, 6.45) is 4.46. The van der Waals surface area contributed by atoms with E-state index in [-0.39, 0.29) is 11.0 Å². The predicted molar refractivity (Wildman–Crippen MR) is 61.7 cm³/mol. The Morgan fingerprint density at radius 2 is 1.57 bits per heavy atom. The van der Waals surface area contributed by atoms with Gasteiger partial charge in [-0.25, -0.2) is 5.01 Å². The van der Waals surface area contributed by atoms with Crippen LogP contribution in [0.15, 0.2) is 12.3 Å². The Balaban J connectivity index is 3.14. The number of hydrogen-bond donors (Lipinski definition) is 0. The fourth-order valence-corrected chi connectivity index (χ4v) is 1.96. The van der Waals surface area contributed by atoms with Crippen LogP contribution in [0.25, 0.3) is 0 Å². The molecule has 0 amide bonds. The highest BCUT2D eigenvalue weighted by molar-refractivity contribution is 5.05. The molecule has 1 aliphatic heterocycles. The molecule has 2 heteroatoms. The van der Waals surface area contributed by atoms with Crippen molar-refractivity contribution < 1.29 is 0 Å². The Morgan fingerprint density at radius 3 is 2.07 bits per heavy atom. The van der Waals surface area contributed by atoms with Gasteiger partial charge in [0.1, 0.15) is 0 Å². The third-order valence-corrected chi connectivity index (χ3v) is 4.59. The molecule has 0 aliphatic carbocycles. The summed E-state index contributed by atoms with van der Waals surface area (Å²) in [6, 6.07) is 0. The number of hydrogen-bond acceptors (Lipinski definition) is 2. The van der Waals surface area contributed by atoms with Crippen molar-refractivity contribution in [2.24, 2.45) is 11.3 Å². The Bertz CT molecular complexity index is 241. The predicted octanol–water partition coefficient (Wildman–Crippen LogP) is 2.73. The van der Waals surface area contributed by atoms with Crippen LogP contribution < -0.4 is 0 Å². The highest BCUT2D eigenvalue weighted by atomic mass is 15.6. The lowest BCUT2D eigenvalue weighted by Gasteiger charge is -2.50. The molecule has 0 saturated heterocycles. The van der Waals surface area contributed by atoms with Gasteiger partial charge in [0.25, 0.3) is 0 Å². The molecule has 0 bridgehead atoms. The monoisotopic (exact) mass is 196 g/mol. The molecule has 0 aromatic heterocycles. The summed E-state index contributed by atoms with van der Waals surface area (Å²) in [5.74, 6) is 0.588. The number of rotatable bonds is 0. The summed E-state index contributed by atoms with van der Waals surface area (Å²) in [5.41, 5.74) is 0.424. The third kappa shape index (κ3) is 1.46. The molecule has 0 aromatic rings. The molecular formula is C12H24N2. The molecule has 82 valence electrons. The van der Waals surface area contributed by atoms with E-state index in [1.165, 1.54) is 0 Å². The van der Waals surface area contributed by atoms with E-state index in [0.717, 1.165) is 0 Å². The summed E-state index contributed by atoms with van der Waals surface area (Å²) < 4.78 is 0. The van der Waals surface area contributed by atoms with Crippen LogP contribution in [0, 0.1) is 11.3 Å². The van der Waals surface area contributed by atoms with Gasteiger partial charge < -0.3 is 5.01 Å². The van der Waals surface area contributed by atoms with Gasteiger partial charge in [-0.15, -0.1) is 0 Å². The lowest BCUT2D eigenvalue weighted by Crippen LogP contribution is -2.56.